The normalized spacial score (nSPS) is 12.3. The van der Waals surface area contributed by atoms with Gasteiger partial charge < -0.3 is 4.57 Å². The van der Waals surface area contributed by atoms with Crippen molar-refractivity contribution in [2.24, 2.45) is 12.0 Å². The average Bonchev–Trinajstić information content (AvgIpc) is 2.88. The van der Waals surface area contributed by atoms with E-state index in [1.165, 1.54) is 16.0 Å². The number of aryl methyl sites for hydroxylation is 3. The van der Waals surface area contributed by atoms with Crippen LogP contribution in [0.25, 0.3) is 10.2 Å². The molecule has 0 fully saturated rings. The third-order valence-electron chi connectivity index (χ3n) is 4.16. The van der Waals surface area contributed by atoms with Gasteiger partial charge in [-0.25, -0.2) is 0 Å². The van der Waals surface area contributed by atoms with Crippen molar-refractivity contribution in [1.82, 2.24) is 4.57 Å². The van der Waals surface area contributed by atoms with Crippen molar-refractivity contribution < 1.29 is 4.79 Å². The van der Waals surface area contributed by atoms with E-state index < -0.39 is 0 Å². The molecule has 0 saturated carbocycles. The Morgan fingerprint density at radius 1 is 1.12 bits per heavy atom. The minimum absolute atomic E-state index is 0.197. The molecule has 1 aromatic heterocycles. The fraction of sp³-hybridized carbons (Fsp3) is 0.300. The van der Waals surface area contributed by atoms with Gasteiger partial charge in [0.2, 0.25) is 0 Å². The molecule has 2 aromatic carbocycles. The van der Waals surface area contributed by atoms with Crippen LogP contribution in [0.2, 0.25) is 0 Å². The minimum Gasteiger partial charge on any atom is -0.319 e. The number of thioether (sulfide) groups is 1. The summed E-state index contributed by atoms with van der Waals surface area (Å²) in [7, 11) is 1.97. The van der Waals surface area contributed by atoms with Gasteiger partial charge in [0.25, 0.3) is 5.91 Å². The van der Waals surface area contributed by atoms with Gasteiger partial charge in [-0.05, 0) is 55.3 Å². The number of benzene rings is 2. The predicted octanol–water partition coefficient (Wildman–Crippen LogP) is 5.10. The number of thiazole rings is 1. The maximum atomic E-state index is 12.5. The highest BCUT2D eigenvalue weighted by atomic mass is 32.2. The summed E-state index contributed by atoms with van der Waals surface area (Å²) in [6.07, 6.45) is 0. The lowest BCUT2D eigenvalue weighted by Crippen LogP contribution is -2.13. The van der Waals surface area contributed by atoms with Crippen LogP contribution in [-0.2, 0) is 7.05 Å². The Balaban J connectivity index is 1.97. The Bertz CT molecular complexity index is 995. The van der Waals surface area contributed by atoms with E-state index in [0.29, 0.717) is 10.8 Å². The van der Waals surface area contributed by atoms with Gasteiger partial charge in [0, 0.05) is 22.8 Å². The first kappa shape index (κ1) is 18.0. The smallest absolute Gasteiger partial charge is 0.279 e. The average molecular weight is 371 g/mol. The summed E-state index contributed by atoms with van der Waals surface area (Å²) in [5.41, 5.74) is 4.26. The number of rotatable bonds is 3. The lowest BCUT2D eigenvalue weighted by Gasteiger charge is -2.04. The van der Waals surface area contributed by atoms with Gasteiger partial charge in [0.05, 0.1) is 10.2 Å². The van der Waals surface area contributed by atoms with Crippen molar-refractivity contribution in [3.63, 3.8) is 0 Å². The zero-order chi connectivity index (χ0) is 18.1. The number of carbonyl (C=O) groups excluding carboxylic acids is 1. The molecule has 3 aromatic rings. The molecule has 0 N–H and O–H groups in total. The molecule has 0 bridgehead atoms. The van der Waals surface area contributed by atoms with Crippen molar-refractivity contribution in [3.8, 4) is 0 Å². The molecule has 130 valence electrons. The van der Waals surface area contributed by atoms with Gasteiger partial charge in [-0.15, -0.1) is 11.8 Å². The first-order chi connectivity index (χ1) is 11.9. The van der Waals surface area contributed by atoms with Crippen LogP contribution in [0.1, 0.15) is 35.3 Å². The number of carbonyl (C=O) groups is 1. The zero-order valence-corrected chi connectivity index (χ0v) is 16.8. The summed E-state index contributed by atoms with van der Waals surface area (Å²) in [6.45, 7) is 8.53. The Kier molecular flexibility index (Phi) is 5.16. The van der Waals surface area contributed by atoms with Crippen molar-refractivity contribution >= 4 is 39.2 Å². The van der Waals surface area contributed by atoms with Crippen LogP contribution in [0, 0.1) is 13.8 Å². The highest BCUT2D eigenvalue weighted by Gasteiger charge is 2.10. The molecule has 3 rings (SSSR count). The van der Waals surface area contributed by atoms with Crippen molar-refractivity contribution in [2.75, 3.05) is 0 Å². The minimum atomic E-state index is -0.197. The molecular formula is C20H22N2OS2. The number of nitrogens with zero attached hydrogens (tertiary/aromatic N) is 2. The first-order valence-electron chi connectivity index (χ1n) is 8.28. The predicted molar refractivity (Wildman–Crippen MR) is 108 cm³/mol. The van der Waals surface area contributed by atoms with Gasteiger partial charge in [-0.3, -0.25) is 4.79 Å². The lowest BCUT2D eigenvalue weighted by atomic mass is 10.1. The SMILES string of the molecule is Cc1ccc2sc(=NC(=O)c3ccc(SC(C)C)cc3)n(C)c2c1C. The van der Waals surface area contributed by atoms with E-state index in [1.807, 2.05) is 35.9 Å². The second-order valence-electron chi connectivity index (χ2n) is 6.41. The van der Waals surface area contributed by atoms with Gasteiger partial charge in [0.1, 0.15) is 0 Å². The second-order valence-corrected chi connectivity index (χ2v) is 9.06. The molecule has 1 heterocycles. The number of amides is 1. The zero-order valence-electron chi connectivity index (χ0n) is 15.2. The molecule has 0 saturated heterocycles. The van der Waals surface area contributed by atoms with Crippen LogP contribution < -0.4 is 4.80 Å². The van der Waals surface area contributed by atoms with Gasteiger partial charge in [-0.1, -0.05) is 31.3 Å². The molecule has 0 radical (unpaired) electrons. The largest absolute Gasteiger partial charge is 0.319 e. The van der Waals surface area contributed by atoms with E-state index in [2.05, 4.69) is 44.8 Å². The summed E-state index contributed by atoms with van der Waals surface area (Å²) in [4.78, 5) is 18.8. The lowest BCUT2D eigenvalue weighted by molar-refractivity contribution is 0.0998. The Hall–Kier alpha value is -1.85. The van der Waals surface area contributed by atoms with Crippen molar-refractivity contribution in [1.29, 1.82) is 0 Å². The quantitative estimate of drug-likeness (QED) is 0.601. The van der Waals surface area contributed by atoms with E-state index in [1.54, 1.807) is 23.1 Å². The summed E-state index contributed by atoms with van der Waals surface area (Å²) in [6, 6.07) is 11.9. The maximum Gasteiger partial charge on any atom is 0.279 e. The molecular weight excluding hydrogens is 348 g/mol. The van der Waals surface area contributed by atoms with Gasteiger partial charge in [0.15, 0.2) is 4.80 Å². The van der Waals surface area contributed by atoms with E-state index in [9.17, 15) is 4.79 Å². The van der Waals surface area contributed by atoms with Crippen LogP contribution in [0.15, 0.2) is 46.3 Å². The summed E-state index contributed by atoms with van der Waals surface area (Å²) < 4.78 is 3.17. The second kappa shape index (κ2) is 7.18. The summed E-state index contributed by atoms with van der Waals surface area (Å²) in [5.74, 6) is -0.197. The first-order valence-corrected chi connectivity index (χ1v) is 9.98. The number of fused-ring (bicyclic) bond motifs is 1. The van der Waals surface area contributed by atoms with Crippen molar-refractivity contribution in [3.05, 3.63) is 57.9 Å². The molecule has 0 aliphatic carbocycles. The molecule has 0 aliphatic rings. The summed E-state index contributed by atoms with van der Waals surface area (Å²) >= 11 is 3.34. The van der Waals surface area contributed by atoms with Crippen LogP contribution in [0.4, 0.5) is 0 Å². The summed E-state index contributed by atoms with van der Waals surface area (Å²) in [5, 5.41) is 0.524. The van der Waals surface area contributed by atoms with E-state index in [4.69, 9.17) is 0 Å². The van der Waals surface area contributed by atoms with Gasteiger partial charge >= 0.3 is 0 Å². The highest BCUT2D eigenvalue weighted by Crippen LogP contribution is 2.24. The Morgan fingerprint density at radius 3 is 2.44 bits per heavy atom. The molecule has 0 aliphatic heterocycles. The Labute approximate surface area is 156 Å². The number of hydrogen-bond donors (Lipinski definition) is 0. The Morgan fingerprint density at radius 2 is 1.80 bits per heavy atom. The van der Waals surface area contributed by atoms with Crippen LogP contribution in [-0.4, -0.2) is 15.7 Å². The fourth-order valence-electron chi connectivity index (χ4n) is 2.74. The van der Waals surface area contributed by atoms with E-state index in [0.717, 1.165) is 15.0 Å². The maximum absolute atomic E-state index is 12.5. The molecule has 1 amide bonds. The number of hydrogen-bond acceptors (Lipinski definition) is 3. The number of aromatic nitrogens is 1. The van der Waals surface area contributed by atoms with Crippen LogP contribution in [0.3, 0.4) is 0 Å². The van der Waals surface area contributed by atoms with Gasteiger partial charge in [-0.2, -0.15) is 4.99 Å². The third-order valence-corrected chi connectivity index (χ3v) is 6.27. The van der Waals surface area contributed by atoms with E-state index >= 15 is 0 Å². The molecule has 3 nitrogen and oxygen atoms in total. The topological polar surface area (TPSA) is 34.4 Å². The molecule has 0 atom stereocenters. The molecule has 0 spiro atoms. The molecule has 0 unspecified atom stereocenters. The molecule has 25 heavy (non-hydrogen) atoms. The van der Waals surface area contributed by atoms with Crippen molar-refractivity contribution in [2.45, 2.75) is 37.8 Å². The monoisotopic (exact) mass is 370 g/mol. The fourth-order valence-corrected chi connectivity index (χ4v) is 4.65. The molecule has 5 heteroatoms. The third kappa shape index (κ3) is 3.72. The highest BCUT2D eigenvalue weighted by molar-refractivity contribution is 7.99. The van der Waals surface area contributed by atoms with E-state index in [-0.39, 0.29) is 5.91 Å². The van der Waals surface area contributed by atoms with Crippen LogP contribution >= 0.6 is 23.1 Å². The van der Waals surface area contributed by atoms with Crippen LogP contribution in [0.5, 0.6) is 0 Å². The standard InChI is InChI=1S/C20H22N2OS2/c1-12(2)24-16-9-7-15(8-10-16)19(23)21-20-22(5)18-14(4)13(3)6-11-17(18)25-20/h6-12H,1-5H3.